The van der Waals surface area contributed by atoms with Crippen molar-refractivity contribution < 1.29 is 9.53 Å². The van der Waals surface area contributed by atoms with Gasteiger partial charge in [0.1, 0.15) is 5.78 Å². The number of hydrogen-bond acceptors (Lipinski definition) is 3. The Bertz CT molecular complexity index is 306. The average Bonchev–Trinajstić information content (AvgIpc) is 2.38. The highest BCUT2D eigenvalue weighted by Crippen LogP contribution is 2.45. The zero-order valence-electron chi connectivity index (χ0n) is 11.2. The molecule has 0 aromatic carbocycles. The van der Waals surface area contributed by atoms with E-state index in [0.29, 0.717) is 17.6 Å². The van der Waals surface area contributed by atoms with E-state index in [1.807, 2.05) is 11.8 Å². The summed E-state index contributed by atoms with van der Waals surface area (Å²) in [7, 11) is 0. The van der Waals surface area contributed by atoms with Gasteiger partial charge in [-0.05, 0) is 62.4 Å². The first-order valence-electron chi connectivity index (χ1n) is 7.52. The molecule has 0 bridgehead atoms. The Hall–Kier alpha value is -0.0200. The molecule has 2 saturated heterocycles. The summed E-state index contributed by atoms with van der Waals surface area (Å²) >= 11 is 2.04. The maximum Gasteiger partial charge on any atom is 0.136 e. The Kier molecular flexibility index (Phi) is 4.00. The Morgan fingerprint density at radius 2 is 2.00 bits per heavy atom. The molecule has 1 atom stereocenters. The summed E-state index contributed by atoms with van der Waals surface area (Å²) < 4.78 is 5.92. The number of thioether (sulfide) groups is 1. The van der Waals surface area contributed by atoms with Crippen molar-refractivity contribution in [3.05, 3.63) is 0 Å². The summed E-state index contributed by atoms with van der Waals surface area (Å²) in [5.41, 5.74) is 0.126. The molecule has 2 aliphatic heterocycles. The third kappa shape index (κ3) is 2.77. The predicted molar refractivity (Wildman–Crippen MR) is 74.9 cm³/mol. The molecule has 1 spiro atoms. The van der Waals surface area contributed by atoms with E-state index >= 15 is 0 Å². The molecule has 0 aromatic rings. The molecule has 102 valence electrons. The van der Waals surface area contributed by atoms with E-state index in [0.717, 1.165) is 25.9 Å². The normalized spacial score (nSPS) is 32.1. The smallest absolute Gasteiger partial charge is 0.136 e. The molecule has 1 saturated carbocycles. The maximum atomic E-state index is 12.4. The van der Waals surface area contributed by atoms with E-state index < -0.39 is 0 Å². The molecule has 0 radical (unpaired) electrons. The van der Waals surface area contributed by atoms with Crippen LogP contribution >= 0.6 is 11.8 Å². The van der Waals surface area contributed by atoms with Gasteiger partial charge in [0.2, 0.25) is 0 Å². The summed E-state index contributed by atoms with van der Waals surface area (Å²) in [5.74, 6) is 4.06. The van der Waals surface area contributed by atoms with Crippen LogP contribution in [0.2, 0.25) is 0 Å². The minimum Gasteiger partial charge on any atom is -0.375 e. The molecule has 0 amide bonds. The van der Waals surface area contributed by atoms with Crippen LogP contribution in [0.5, 0.6) is 0 Å². The second kappa shape index (κ2) is 5.54. The number of hydrogen-bond donors (Lipinski definition) is 0. The molecule has 3 aliphatic rings. The van der Waals surface area contributed by atoms with Gasteiger partial charge in [-0.15, -0.1) is 0 Å². The van der Waals surface area contributed by atoms with Crippen LogP contribution in [0, 0.1) is 11.8 Å². The van der Waals surface area contributed by atoms with Crippen LogP contribution in [-0.2, 0) is 9.53 Å². The van der Waals surface area contributed by atoms with Crippen molar-refractivity contribution in [2.24, 2.45) is 11.8 Å². The minimum atomic E-state index is 0.126. The zero-order valence-corrected chi connectivity index (χ0v) is 12.0. The molecule has 1 aliphatic carbocycles. The maximum absolute atomic E-state index is 12.4. The molecular weight excluding hydrogens is 244 g/mol. The Labute approximate surface area is 114 Å². The van der Waals surface area contributed by atoms with Crippen LogP contribution in [0.3, 0.4) is 0 Å². The molecule has 3 fully saturated rings. The van der Waals surface area contributed by atoms with Gasteiger partial charge in [0.15, 0.2) is 0 Å². The van der Waals surface area contributed by atoms with Crippen molar-refractivity contribution in [2.75, 3.05) is 18.1 Å². The highest BCUT2D eigenvalue weighted by Gasteiger charge is 2.44. The molecule has 3 heteroatoms. The zero-order chi connectivity index (χ0) is 12.4. The summed E-state index contributed by atoms with van der Waals surface area (Å²) in [4.78, 5) is 12.4. The van der Waals surface area contributed by atoms with Gasteiger partial charge >= 0.3 is 0 Å². The minimum absolute atomic E-state index is 0.126. The van der Waals surface area contributed by atoms with E-state index in [9.17, 15) is 4.79 Å². The Balaban J connectivity index is 1.51. The molecule has 1 unspecified atom stereocenters. The first-order valence-corrected chi connectivity index (χ1v) is 8.67. The molecule has 3 rings (SSSR count). The van der Waals surface area contributed by atoms with Gasteiger partial charge in [-0.3, -0.25) is 4.79 Å². The highest BCUT2D eigenvalue weighted by atomic mass is 32.2. The molecule has 0 aromatic heterocycles. The summed E-state index contributed by atoms with van der Waals surface area (Å²) in [6.07, 6.45) is 9.03. The van der Waals surface area contributed by atoms with E-state index in [2.05, 4.69) is 0 Å². The third-order valence-corrected chi connectivity index (χ3v) is 6.09. The van der Waals surface area contributed by atoms with E-state index in [1.54, 1.807) is 0 Å². The van der Waals surface area contributed by atoms with Crippen LogP contribution in [0.25, 0.3) is 0 Å². The van der Waals surface area contributed by atoms with Crippen molar-refractivity contribution in [1.82, 2.24) is 0 Å². The standard InChI is InChI=1S/C15H24O2S/c16-14(10-12-3-8-18-9-4-12)13-2-7-17-15(11-13)5-1-6-15/h12-13H,1-11H2. The first-order chi connectivity index (χ1) is 8.77. The average molecular weight is 268 g/mol. The Morgan fingerprint density at radius 3 is 2.67 bits per heavy atom. The lowest BCUT2D eigenvalue weighted by atomic mass is 9.70. The number of carbonyl (C=O) groups excluding carboxylic acids is 1. The second-order valence-corrected chi connectivity index (χ2v) is 7.53. The lowest BCUT2D eigenvalue weighted by molar-refractivity contribution is -0.156. The molecule has 2 heterocycles. The summed E-state index contributed by atoms with van der Waals surface area (Å²) in [6.45, 7) is 0.816. The highest BCUT2D eigenvalue weighted by molar-refractivity contribution is 7.99. The Morgan fingerprint density at radius 1 is 1.22 bits per heavy atom. The fourth-order valence-corrected chi connectivity index (χ4v) is 4.83. The van der Waals surface area contributed by atoms with Gasteiger partial charge < -0.3 is 4.74 Å². The fourth-order valence-electron chi connectivity index (χ4n) is 3.62. The van der Waals surface area contributed by atoms with Crippen molar-refractivity contribution in [3.63, 3.8) is 0 Å². The molecule has 18 heavy (non-hydrogen) atoms. The van der Waals surface area contributed by atoms with E-state index in [-0.39, 0.29) is 5.60 Å². The number of ketones is 1. The van der Waals surface area contributed by atoms with Crippen LogP contribution in [0.15, 0.2) is 0 Å². The quantitative estimate of drug-likeness (QED) is 0.784. The van der Waals surface area contributed by atoms with Gasteiger partial charge in [-0.1, -0.05) is 0 Å². The van der Waals surface area contributed by atoms with Crippen molar-refractivity contribution in [2.45, 2.75) is 57.0 Å². The van der Waals surface area contributed by atoms with Crippen molar-refractivity contribution >= 4 is 17.5 Å². The molecule has 0 N–H and O–H groups in total. The van der Waals surface area contributed by atoms with Gasteiger partial charge in [-0.25, -0.2) is 0 Å². The van der Waals surface area contributed by atoms with Crippen LogP contribution < -0.4 is 0 Å². The number of carbonyl (C=O) groups is 1. The van der Waals surface area contributed by atoms with E-state index in [4.69, 9.17) is 4.74 Å². The van der Waals surface area contributed by atoms with E-state index in [1.165, 1.54) is 43.6 Å². The first kappa shape index (κ1) is 13.0. The van der Waals surface area contributed by atoms with Crippen LogP contribution in [-0.4, -0.2) is 29.5 Å². The fraction of sp³-hybridized carbons (Fsp3) is 0.933. The second-order valence-electron chi connectivity index (χ2n) is 6.30. The van der Waals surface area contributed by atoms with Gasteiger partial charge in [-0.2, -0.15) is 11.8 Å². The molecular formula is C15H24O2S. The van der Waals surface area contributed by atoms with Crippen molar-refractivity contribution in [3.8, 4) is 0 Å². The topological polar surface area (TPSA) is 26.3 Å². The van der Waals surface area contributed by atoms with Crippen molar-refractivity contribution in [1.29, 1.82) is 0 Å². The number of rotatable bonds is 3. The summed E-state index contributed by atoms with van der Waals surface area (Å²) in [6, 6.07) is 0. The lowest BCUT2D eigenvalue weighted by Crippen LogP contribution is -2.47. The predicted octanol–water partition coefficient (Wildman–Crippen LogP) is 3.44. The van der Waals surface area contributed by atoms with Gasteiger partial charge in [0.05, 0.1) is 5.60 Å². The lowest BCUT2D eigenvalue weighted by Gasteiger charge is -2.47. The SMILES string of the molecule is O=C(CC1CCSCC1)C1CCOC2(CCC2)C1. The monoisotopic (exact) mass is 268 g/mol. The number of ether oxygens (including phenoxy) is 1. The third-order valence-electron chi connectivity index (χ3n) is 5.04. The van der Waals surface area contributed by atoms with Gasteiger partial charge in [0.25, 0.3) is 0 Å². The number of Topliss-reactive ketones (excluding diaryl/α,β-unsaturated/α-hetero) is 1. The molecule has 2 nitrogen and oxygen atoms in total. The van der Waals surface area contributed by atoms with Gasteiger partial charge in [0, 0.05) is 18.9 Å². The van der Waals surface area contributed by atoms with Crippen LogP contribution in [0.4, 0.5) is 0 Å². The van der Waals surface area contributed by atoms with Crippen LogP contribution in [0.1, 0.15) is 51.4 Å². The largest absolute Gasteiger partial charge is 0.375 e. The summed E-state index contributed by atoms with van der Waals surface area (Å²) in [5, 5.41) is 0.